The van der Waals surface area contributed by atoms with Gasteiger partial charge in [-0.15, -0.1) is 0 Å². The van der Waals surface area contributed by atoms with Crippen LogP contribution in [0.15, 0.2) is 36.7 Å². The number of pyridine rings is 1. The van der Waals surface area contributed by atoms with E-state index in [-0.39, 0.29) is 0 Å². The van der Waals surface area contributed by atoms with E-state index in [1.807, 2.05) is 37.5 Å². The predicted molar refractivity (Wildman–Crippen MR) is 79.4 cm³/mol. The summed E-state index contributed by atoms with van der Waals surface area (Å²) in [6.45, 7) is 2.87. The third kappa shape index (κ3) is 3.48. The van der Waals surface area contributed by atoms with Gasteiger partial charge in [0.1, 0.15) is 5.75 Å². The molecule has 2 aromatic rings. The Morgan fingerprint density at radius 1 is 1.10 bits per heavy atom. The van der Waals surface area contributed by atoms with Crippen molar-refractivity contribution in [2.45, 2.75) is 19.9 Å². The van der Waals surface area contributed by atoms with Crippen LogP contribution in [0.1, 0.15) is 18.1 Å². The first-order valence-electron chi connectivity index (χ1n) is 6.70. The number of aromatic nitrogens is 1. The molecule has 106 valence electrons. The lowest BCUT2D eigenvalue weighted by Crippen LogP contribution is -2.05. The molecule has 0 unspecified atom stereocenters. The number of methoxy groups -OCH3 is 1. The summed E-state index contributed by atoms with van der Waals surface area (Å²) in [5.74, 6) is 2.15. The molecule has 0 saturated carbocycles. The Bertz CT molecular complexity index is 570. The number of ether oxygens (including phenoxy) is 2. The van der Waals surface area contributed by atoms with Crippen LogP contribution in [0, 0.1) is 0 Å². The Balaban J connectivity index is 2.22. The van der Waals surface area contributed by atoms with Crippen molar-refractivity contribution in [1.82, 2.24) is 10.3 Å². The summed E-state index contributed by atoms with van der Waals surface area (Å²) in [5.41, 5.74) is 2.30. The summed E-state index contributed by atoms with van der Waals surface area (Å²) in [5, 5.41) is 3.09. The number of nitrogens with one attached hydrogen (secondary N) is 1. The molecule has 20 heavy (non-hydrogen) atoms. The highest BCUT2D eigenvalue weighted by Gasteiger charge is 2.07. The smallest absolute Gasteiger partial charge is 0.169 e. The number of benzene rings is 1. The minimum absolute atomic E-state index is 0.702. The van der Waals surface area contributed by atoms with E-state index in [9.17, 15) is 0 Å². The fourth-order valence-corrected chi connectivity index (χ4v) is 1.96. The van der Waals surface area contributed by atoms with Gasteiger partial charge in [0, 0.05) is 12.7 Å². The molecule has 4 nitrogen and oxygen atoms in total. The van der Waals surface area contributed by atoms with Crippen molar-refractivity contribution in [2.24, 2.45) is 0 Å². The van der Waals surface area contributed by atoms with Crippen LogP contribution in [0.4, 0.5) is 0 Å². The molecule has 1 heterocycles. The first-order valence-corrected chi connectivity index (χ1v) is 6.70. The molecule has 0 aliphatic heterocycles. The van der Waals surface area contributed by atoms with Crippen LogP contribution in [-0.2, 0) is 13.0 Å². The minimum atomic E-state index is 0.702. The fraction of sp³-hybridized carbons (Fsp3) is 0.312. The number of hydrogen-bond donors (Lipinski definition) is 1. The maximum absolute atomic E-state index is 5.87. The molecule has 0 saturated heterocycles. The van der Waals surface area contributed by atoms with Crippen LogP contribution in [0.2, 0.25) is 0 Å². The zero-order valence-electron chi connectivity index (χ0n) is 12.1. The minimum Gasteiger partial charge on any atom is -0.493 e. The number of rotatable bonds is 6. The van der Waals surface area contributed by atoms with Crippen molar-refractivity contribution < 1.29 is 9.47 Å². The number of aryl methyl sites for hydroxylation is 1. The molecule has 1 N–H and O–H groups in total. The predicted octanol–water partition coefficient (Wildman–Crippen LogP) is 3.16. The van der Waals surface area contributed by atoms with Gasteiger partial charge in [0.05, 0.1) is 13.3 Å². The zero-order valence-corrected chi connectivity index (χ0v) is 12.1. The maximum atomic E-state index is 5.87. The van der Waals surface area contributed by atoms with Crippen LogP contribution in [0.3, 0.4) is 0 Å². The van der Waals surface area contributed by atoms with E-state index in [4.69, 9.17) is 9.47 Å². The summed E-state index contributed by atoms with van der Waals surface area (Å²) < 4.78 is 11.3. The van der Waals surface area contributed by atoms with Gasteiger partial charge in [0.25, 0.3) is 0 Å². The molecule has 0 aliphatic carbocycles. The Kier molecular flexibility index (Phi) is 4.96. The molecule has 0 atom stereocenters. The van der Waals surface area contributed by atoms with Crippen molar-refractivity contribution in [3.63, 3.8) is 0 Å². The van der Waals surface area contributed by atoms with Crippen molar-refractivity contribution in [3.05, 3.63) is 47.8 Å². The van der Waals surface area contributed by atoms with E-state index in [0.29, 0.717) is 11.5 Å². The van der Waals surface area contributed by atoms with Crippen molar-refractivity contribution >= 4 is 0 Å². The first-order chi connectivity index (χ1) is 9.76. The van der Waals surface area contributed by atoms with E-state index in [1.54, 1.807) is 13.3 Å². The molecule has 0 aliphatic rings. The summed E-state index contributed by atoms with van der Waals surface area (Å²) >= 11 is 0. The standard InChI is InChI=1S/C16H20N2O2/c1-4-12-5-6-15(16(8-12)19-3)20-14-7-13(9-17-2)10-18-11-14/h5-8,10-11,17H,4,9H2,1-3H3. The summed E-state index contributed by atoms with van der Waals surface area (Å²) in [6, 6.07) is 7.95. The van der Waals surface area contributed by atoms with E-state index in [2.05, 4.69) is 17.2 Å². The first kappa shape index (κ1) is 14.3. The third-order valence-corrected chi connectivity index (χ3v) is 3.01. The quantitative estimate of drug-likeness (QED) is 0.877. The second-order valence-electron chi connectivity index (χ2n) is 4.50. The second-order valence-corrected chi connectivity index (χ2v) is 4.50. The Labute approximate surface area is 119 Å². The van der Waals surface area contributed by atoms with Gasteiger partial charge in [-0.2, -0.15) is 0 Å². The molecule has 2 rings (SSSR count). The Morgan fingerprint density at radius 2 is 1.95 bits per heavy atom. The topological polar surface area (TPSA) is 43.4 Å². The number of hydrogen-bond acceptors (Lipinski definition) is 4. The largest absolute Gasteiger partial charge is 0.493 e. The molecule has 0 spiro atoms. The van der Waals surface area contributed by atoms with Gasteiger partial charge in [0.2, 0.25) is 0 Å². The van der Waals surface area contributed by atoms with Crippen LogP contribution < -0.4 is 14.8 Å². The monoisotopic (exact) mass is 272 g/mol. The van der Waals surface area contributed by atoms with E-state index in [0.717, 1.165) is 24.3 Å². The molecule has 0 bridgehead atoms. The molecule has 1 aromatic heterocycles. The van der Waals surface area contributed by atoms with Gasteiger partial charge >= 0.3 is 0 Å². The molecule has 1 aromatic carbocycles. The van der Waals surface area contributed by atoms with Gasteiger partial charge in [0.15, 0.2) is 11.5 Å². The van der Waals surface area contributed by atoms with Crippen LogP contribution in [0.25, 0.3) is 0 Å². The van der Waals surface area contributed by atoms with E-state index >= 15 is 0 Å². The lowest BCUT2D eigenvalue weighted by Gasteiger charge is -2.12. The average Bonchev–Trinajstić information content (AvgIpc) is 2.48. The summed E-state index contributed by atoms with van der Waals surface area (Å²) in [7, 11) is 3.55. The lowest BCUT2D eigenvalue weighted by atomic mass is 10.1. The molecular formula is C16H20N2O2. The van der Waals surface area contributed by atoms with Crippen LogP contribution in [0.5, 0.6) is 17.2 Å². The third-order valence-electron chi connectivity index (χ3n) is 3.01. The van der Waals surface area contributed by atoms with Crippen molar-refractivity contribution in [3.8, 4) is 17.2 Å². The summed E-state index contributed by atoms with van der Waals surface area (Å²) in [6.07, 6.45) is 4.49. The highest BCUT2D eigenvalue weighted by Crippen LogP contribution is 2.32. The van der Waals surface area contributed by atoms with E-state index in [1.165, 1.54) is 5.56 Å². The Hall–Kier alpha value is -2.07. The van der Waals surface area contributed by atoms with E-state index < -0.39 is 0 Å². The van der Waals surface area contributed by atoms with Gasteiger partial charge in [-0.3, -0.25) is 4.98 Å². The molecule has 0 radical (unpaired) electrons. The van der Waals surface area contributed by atoms with Crippen LogP contribution >= 0.6 is 0 Å². The normalized spacial score (nSPS) is 10.3. The average molecular weight is 272 g/mol. The molecule has 0 fully saturated rings. The molecular weight excluding hydrogens is 252 g/mol. The zero-order chi connectivity index (χ0) is 14.4. The number of nitrogens with zero attached hydrogens (tertiary/aromatic N) is 1. The van der Waals surface area contributed by atoms with Crippen LogP contribution in [-0.4, -0.2) is 19.1 Å². The van der Waals surface area contributed by atoms with Gasteiger partial charge < -0.3 is 14.8 Å². The summed E-state index contributed by atoms with van der Waals surface area (Å²) in [4.78, 5) is 4.18. The van der Waals surface area contributed by atoms with Gasteiger partial charge in [-0.05, 0) is 42.8 Å². The maximum Gasteiger partial charge on any atom is 0.169 e. The van der Waals surface area contributed by atoms with Crippen molar-refractivity contribution in [1.29, 1.82) is 0 Å². The fourth-order valence-electron chi connectivity index (χ4n) is 1.96. The second kappa shape index (κ2) is 6.91. The lowest BCUT2D eigenvalue weighted by molar-refractivity contribution is 0.377. The highest BCUT2D eigenvalue weighted by atomic mass is 16.5. The van der Waals surface area contributed by atoms with Gasteiger partial charge in [-0.25, -0.2) is 0 Å². The SMILES string of the molecule is CCc1ccc(Oc2cncc(CNC)c2)c(OC)c1. The molecule has 0 amide bonds. The Morgan fingerprint density at radius 3 is 2.65 bits per heavy atom. The van der Waals surface area contributed by atoms with Gasteiger partial charge in [-0.1, -0.05) is 13.0 Å². The molecule has 4 heteroatoms. The van der Waals surface area contributed by atoms with Crippen molar-refractivity contribution in [2.75, 3.05) is 14.2 Å². The highest BCUT2D eigenvalue weighted by molar-refractivity contribution is 5.45.